The van der Waals surface area contributed by atoms with Gasteiger partial charge in [-0.2, -0.15) is 0 Å². The lowest BCUT2D eigenvalue weighted by molar-refractivity contribution is -0.0365. The predicted octanol–water partition coefficient (Wildman–Crippen LogP) is 4.02. The second-order valence-corrected chi connectivity index (χ2v) is 8.45. The molecule has 1 aliphatic carbocycles. The van der Waals surface area contributed by atoms with Crippen molar-refractivity contribution in [3.05, 3.63) is 23.3 Å². The number of allylic oxidation sites excluding steroid dienone is 1. The molecular formula is C18H33NO. The summed E-state index contributed by atoms with van der Waals surface area (Å²) in [5, 5.41) is 11.3. The van der Waals surface area contributed by atoms with E-state index in [1.807, 2.05) is 0 Å². The second kappa shape index (κ2) is 5.65. The van der Waals surface area contributed by atoms with Gasteiger partial charge in [0, 0.05) is 6.54 Å². The van der Waals surface area contributed by atoms with Crippen LogP contribution in [-0.4, -0.2) is 36.2 Å². The summed E-state index contributed by atoms with van der Waals surface area (Å²) in [6, 6.07) is 0. The Morgan fingerprint density at radius 1 is 1.15 bits per heavy atom. The van der Waals surface area contributed by atoms with Crippen LogP contribution in [0.15, 0.2) is 23.3 Å². The normalized spacial score (nSPS) is 24.7. The van der Waals surface area contributed by atoms with Crippen LogP contribution in [0.4, 0.5) is 0 Å². The van der Waals surface area contributed by atoms with Gasteiger partial charge in [0.15, 0.2) is 0 Å². The van der Waals surface area contributed by atoms with Crippen LogP contribution in [0.25, 0.3) is 0 Å². The van der Waals surface area contributed by atoms with Crippen LogP contribution in [0.2, 0.25) is 0 Å². The van der Waals surface area contributed by atoms with Gasteiger partial charge in [-0.15, -0.1) is 0 Å². The first kappa shape index (κ1) is 17.5. The molecule has 0 aromatic heterocycles. The molecule has 0 saturated carbocycles. The molecule has 0 bridgehead atoms. The maximum absolute atomic E-state index is 11.3. The zero-order valence-corrected chi connectivity index (χ0v) is 14.7. The van der Waals surface area contributed by atoms with E-state index in [-0.39, 0.29) is 10.8 Å². The van der Waals surface area contributed by atoms with Crippen molar-refractivity contribution in [2.75, 3.05) is 20.6 Å². The lowest BCUT2D eigenvalue weighted by Gasteiger charge is -2.48. The van der Waals surface area contributed by atoms with Crippen molar-refractivity contribution in [1.29, 1.82) is 0 Å². The van der Waals surface area contributed by atoms with Crippen LogP contribution in [0, 0.1) is 10.8 Å². The van der Waals surface area contributed by atoms with Crippen LogP contribution < -0.4 is 0 Å². The maximum Gasteiger partial charge on any atom is 0.0947 e. The van der Waals surface area contributed by atoms with Crippen molar-refractivity contribution in [1.82, 2.24) is 4.90 Å². The summed E-state index contributed by atoms with van der Waals surface area (Å²) in [5.74, 6) is 0. The molecule has 1 N–H and O–H groups in total. The molecule has 0 spiro atoms. The highest BCUT2D eigenvalue weighted by molar-refractivity contribution is 5.39. The fourth-order valence-corrected chi connectivity index (χ4v) is 2.83. The van der Waals surface area contributed by atoms with Gasteiger partial charge in [0.05, 0.1) is 5.60 Å². The molecule has 1 rings (SSSR count). The topological polar surface area (TPSA) is 23.5 Å². The molecule has 0 fully saturated rings. The Hall–Kier alpha value is -0.600. The van der Waals surface area contributed by atoms with Crippen molar-refractivity contribution in [2.24, 2.45) is 10.8 Å². The highest BCUT2D eigenvalue weighted by Gasteiger charge is 2.47. The number of hydrogen-bond acceptors (Lipinski definition) is 2. The molecular weight excluding hydrogens is 246 g/mol. The molecule has 0 heterocycles. The van der Waals surface area contributed by atoms with E-state index < -0.39 is 5.60 Å². The number of rotatable bonds is 3. The van der Waals surface area contributed by atoms with E-state index in [9.17, 15) is 5.11 Å². The first-order valence-electron chi connectivity index (χ1n) is 7.67. The summed E-state index contributed by atoms with van der Waals surface area (Å²) >= 11 is 0. The Bertz CT molecular complexity index is 404. The standard InChI is InChI=1S/C18H33NO/c1-16(2,3)15-13-14(10-12-19(7)8)9-11-18(15,20)17(4,5)6/h9,13,20H,10-12H2,1-8H3. The third kappa shape index (κ3) is 3.73. The lowest BCUT2D eigenvalue weighted by Crippen LogP contribution is -2.48. The molecule has 116 valence electrons. The van der Waals surface area contributed by atoms with Gasteiger partial charge >= 0.3 is 0 Å². The molecule has 1 aliphatic rings. The third-order valence-electron chi connectivity index (χ3n) is 4.33. The number of hydrogen-bond donors (Lipinski definition) is 1. The van der Waals surface area contributed by atoms with Crippen LogP contribution in [-0.2, 0) is 0 Å². The van der Waals surface area contributed by atoms with Gasteiger partial charge in [-0.25, -0.2) is 0 Å². The summed E-state index contributed by atoms with van der Waals surface area (Å²) in [6.45, 7) is 14.0. The molecule has 1 unspecified atom stereocenters. The molecule has 0 radical (unpaired) electrons. The molecule has 1 atom stereocenters. The maximum atomic E-state index is 11.3. The summed E-state index contributed by atoms with van der Waals surface area (Å²) in [6.07, 6.45) is 6.25. The Morgan fingerprint density at radius 2 is 1.70 bits per heavy atom. The van der Waals surface area contributed by atoms with Crippen molar-refractivity contribution in [3.63, 3.8) is 0 Å². The first-order chi connectivity index (χ1) is 8.88. The molecule has 0 amide bonds. The average molecular weight is 279 g/mol. The fourth-order valence-electron chi connectivity index (χ4n) is 2.83. The lowest BCUT2D eigenvalue weighted by atomic mass is 9.61. The van der Waals surface area contributed by atoms with Crippen LogP contribution >= 0.6 is 0 Å². The highest BCUT2D eigenvalue weighted by atomic mass is 16.3. The molecule has 0 aromatic carbocycles. The minimum atomic E-state index is -0.743. The van der Waals surface area contributed by atoms with Crippen molar-refractivity contribution in [3.8, 4) is 0 Å². The summed E-state index contributed by atoms with van der Waals surface area (Å²) in [5.41, 5.74) is 1.62. The van der Waals surface area contributed by atoms with Crippen LogP contribution in [0.1, 0.15) is 54.4 Å². The van der Waals surface area contributed by atoms with E-state index in [1.165, 1.54) is 11.1 Å². The molecule has 0 aliphatic heterocycles. The van der Waals surface area contributed by atoms with E-state index in [1.54, 1.807) is 0 Å². The second-order valence-electron chi connectivity index (χ2n) is 8.45. The van der Waals surface area contributed by atoms with Gasteiger partial charge in [-0.1, -0.05) is 59.3 Å². The van der Waals surface area contributed by atoms with E-state index in [0.717, 1.165) is 19.4 Å². The smallest absolute Gasteiger partial charge is 0.0947 e. The van der Waals surface area contributed by atoms with Gasteiger partial charge in [-0.05, 0) is 43.3 Å². The Balaban J connectivity index is 3.11. The Morgan fingerprint density at radius 3 is 2.10 bits per heavy atom. The van der Waals surface area contributed by atoms with Crippen LogP contribution in [0.3, 0.4) is 0 Å². The highest BCUT2D eigenvalue weighted by Crippen LogP contribution is 2.49. The predicted molar refractivity (Wildman–Crippen MR) is 87.8 cm³/mol. The minimum Gasteiger partial charge on any atom is -0.385 e. The molecule has 0 aromatic rings. The van der Waals surface area contributed by atoms with Crippen molar-refractivity contribution in [2.45, 2.75) is 60.0 Å². The van der Waals surface area contributed by atoms with Gasteiger partial charge in [0.25, 0.3) is 0 Å². The van der Waals surface area contributed by atoms with E-state index >= 15 is 0 Å². The molecule has 20 heavy (non-hydrogen) atoms. The zero-order chi connectivity index (χ0) is 15.8. The van der Waals surface area contributed by atoms with Crippen LogP contribution in [0.5, 0.6) is 0 Å². The van der Waals surface area contributed by atoms with Gasteiger partial charge in [0.1, 0.15) is 0 Å². The number of nitrogens with zero attached hydrogens (tertiary/aromatic N) is 1. The first-order valence-corrected chi connectivity index (χ1v) is 7.67. The fraction of sp³-hybridized carbons (Fsp3) is 0.778. The Kier molecular flexibility index (Phi) is 4.93. The molecule has 0 saturated heterocycles. The van der Waals surface area contributed by atoms with Gasteiger partial charge in [-0.3, -0.25) is 0 Å². The average Bonchev–Trinajstić information content (AvgIpc) is 2.24. The van der Waals surface area contributed by atoms with Gasteiger partial charge < -0.3 is 10.0 Å². The monoisotopic (exact) mass is 279 g/mol. The van der Waals surface area contributed by atoms with E-state index in [0.29, 0.717) is 0 Å². The Labute approximate surface area is 125 Å². The minimum absolute atomic E-state index is 0.0142. The summed E-state index contributed by atoms with van der Waals surface area (Å²) in [4.78, 5) is 2.20. The van der Waals surface area contributed by atoms with Crippen molar-refractivity contribution < 1.29 is 5.11 Å². The van der Waals surface area contributed by atoms with E-state index in [2.05, 4.69) is 72.7 Å². The quantitative estimate of drug-likeness (QED) is 0.843. The molecule has 2 heteroatoms. The summed E-state index contributed by atoms with van der Waals surface area (Å²) in [7, 11) is 4.20. The summed E-state index contributed by atoms with van der Waals surface area (Å²) < 4.78 is 0. The largest absolute Gasteiger partial charge is 0.385 e. The zero-order valence-electron chi connectivity index (χ0n) is 14.7. The number of aliphatic hydroxyl groups is 1. The van der Waals surface area contributed by atoms with Crippen molar-refractivity contribution >= 4 is 0 Å². The SMILES string of the molecule is CN(C)CCC1=CCC(O)(C(C)(C)C)C(C(C)(C)C)=C1. The van der Waals surface area contributed by atoms with E-state index in [4.69, 9.17) is 0 Å². The third-order valence-corrected chi connectivity index (χ3v) is 4.33. The molecule has 2 nitrogen and oxygen atoms in total. The van der Waals surface area contributed by atoms with Gasteiger partial charge in [0.2, 0.25) is 0 Å².